The molecule has 86 valence electrons. The number of nitrogens with two attached hydrogens (primary N) is 2. The van der Waals surface area contributed by atoms with E-state index in [-0.39, 0.29) is 0 Å². The van der Waals surface area contributed by atoms with E-state index >= 15 is 0 Å². The highest BCUT2D eigenvalue weighted by molar-refractivity contribution is 5.96. The predicted molar refractivity (Wildman–Crippen MR) is 52.8 cm³/mol. The normalized spacial score (nSPS) is 11.5. The Morgan fingerprint density at radius 2 is 1.73 bits per heavy atom. The van der Waals surface area contributed by atoms with Crippen molar-refractivity contribution >= 4 is 18.0 Å². The highest BCUT2D eigenvalue weighted by Crippen LogP contribution is 1.80. The van der Waals surface area contributed by atoms with Crippen molar-refractivity contribution in [3.8, 4) is 0 Å². The minimum atomic E-state index is -0.899. The van der Waals surface area contributed by atoms with Gasteiger partial charge in [-0.05, 0) is 6.92 Å². The molecule has 0 saturated carbocycles. The number of rotatable bonds is 5. The van der Waals surface area contributed by atoms with Crippen molar-refractivity contribution in [1.29, 1.82) is 0 Å². The van der Waals surface area contributed by atoms with Gasteiger partial charge in [0.1, 0.15) is 0 Å². The van der Waals surface area contributed by atoms with E-state index in [1.165, 1.54) is 0 Å². The fourth-order valence-electron chi connectivity index (χ4n) is 0.797. The molecule has 0 aliphatic heterocycles. The largest absolute Gasteiger partial charge is 0.352 e. The molecule has 5 amide bonds. The van der Waals surface area contributed by atoms with Gasteiger partial charge in [-0.25, -0.2) is 9.59 Å². The number of urea groups is 2. The molecule has 1 unspecified atom stereocenters. The summed E-state index contributed by atoms with van der Waals surface area (Å²) < 4.78 is 0. The number of primary amides is 2. The van der Waals surface area contributed by atoms with E-state index in [4.69, 9.17) is 11.5 Å². The van der Waals surface area contributed by atoms with Gasteiger partial charge in [0, 0.05) is 13.1 Å². The van der Waals surface area contributed by atoms with Crippen molar-refractivity contribution in [2.75, 3.05) is 13.1 Å². The number of nitrogens with one attached hydrogen (secondary N) is 3. The van der Waals surface area contributed by atoms with Crippen molar-refractivity contribution < 1.29 is 14.4 Å². The van der Waals surface area contributed by atoms with Gasteiger partial charge in [-0.3, -0.25) is 10.1 Å². The number of carbonyl (C=O) groups excluding carboxylic acids is 3. The van der Waals surface area contributed by atoms with Crippen LogP contribution in [0.4, 0.5) is 9.59 Å². The van der Waals surface area contributed by atoms with Gasteiger partial charge in [0.2, 0.25) is 5.91 Å². The van der Waals surface area contributed by atoms with E-state index in [2.05, 4.69) is 10.6 Å². The van der Waals surface area contributed by atoms with Crippen LogP contribution in [0.5, 0.6) is 0 Å². The lowest BCUT2D eigenvalue weighted by atomic mass is 10.3. The lowest BCUT2D eigenvalue weighted by molar-refractivity contribution is -0.121. The number of amides is 5. The molecule has 0 saturated heterocycles. The molecule has 0 spiro atoms. The summed E-state index contributed by atoms with van der Waals surface area (Å²) in [5.41, 5.74) is 9.57. The third-order valence-corrected chi connectivity index (χ3v) is 1.51. The minimum absolute atomic E-state index is 0.295. The quantitative estimate of drug-likeness (QED) is 0.334. The van der Waals surface area contributed by atoms with Gasteiger partial charge in [0.05, 0.1) is 6.04 Å². The van der Waals surface area contributed by atoms with Crippen molar-refractivity contribution in [2.24, 2.45) is 11.5 Å². The molecule has 1 atom stereocenters. The second kappa shape index (κ2) is 6.60. The van der Waals surface area contributed by atoms with Gasteiger partial charge in [0.25, 0.3) is 0 Å². The second-order valence-corrected chi connectivity index (χ2v) is 2.82. The Balaban J connectivity index is 3.64. The van der Waals surface area contributed by atoms with Gasteiger partial charge in [0.15, 0.2) is 0 Å². The summed E-state index contributed by atoms with van der Waals surface area (Å²) in [6, 6.07) is -2.11. The molecule has 0 aromatic carbocycles. The molecule has 0 aromatic rings. The van der Waals surface area contributed by atoms with Gasteiger partial charge >= 0.3 is 12.1 Å². The highest BCUT2D eigenvalue weighted by atomic mass is 16.2. The third-order valence-electron chi connectivity index (χ3n) is 1.51. The topological polar surface area (TPSA) is 139 Å². The molecule has 8 nitrogen and oxygen atoms in total. The Kier molecular flexibility index (Phi) is 5.79. The first kappa shape index (κ1) is 13.2. The Hall–Kier alpha value is -1.83. The smallest absolute Gasteiger partial charge is 0.318 e. The maximum atomic E-state index is 11.1. The molecular formula is C7H15N5O3. The standard InChI is InChI=1S/C7H15N5O3/c1-4(5(13)12-7(9)15)10-2-3-11-6(8)14/h4,10H,2-3H2,1H3,(H3,8,11,14)(H3,9,12,13,15). The fraction of sp³-hybridized carbons (Fsp3) is 0.571. The summed E-state index contributed by atoms with van der Waals surface area (Å²) in [5.74, 6) is -0.526. The van der Waals surface area contributed by atoms with Crippen LogP contribution < -0.4 is 27.4 Å². The average Bonchev–Trinajstić information content (AvgIpc) is 2.10. The first-order valence-electron chi connectivity index (χ1n) is 4.30. The zero-order valence-corrected chi connectivity index (χ0v) is 8.37. The molecule has 0 rings (SSSR count). The summed E-state index contributed by atoms with van der Waals surface area (Å²) in [6.07, 6.45) is 0. The van der Waals surface area contributed by atoms with Crippen LogP contribution in [0.25, 0.3) is 0 Å². The monoisotopic (exact) mass is 217 g/mol. The first-order valence-corrected chi connectivity index (χ1v) is 4.30. The number of hydrogen-bond donors (Lipinski definition) is 5. The van der Waals surface area contributed by atoms with Crippen LogP contribution in [0.15, 0.2) is 0 Å². The number of hydrogen-bond acceptors (Lipinski definition) is 4. The van der Waals surface area contributed by atoms with Crippen molar-refractivity contribution in [2.45, 2.75) is 13.0 Å². The lowest BCUT2D eigenvalue weighted by Crippen LogP contribution is -2.48. The maximum Gasteiger partial charge on any atom is 0.318 e. The number of imide groups is 1. The molecule has 15 heavy (non-hydrogen) atoms. The maximum absolute atomic E-state index is 11.1. The average molecular weight is 217 g/mol. The van der Waals surface area contributed by atoms with Crippen LogP contribution in [0.2, 0.25) is 0 Å². The molecule has 0 aliphatic carbocycles. The molecule has 0 bridgehead atoms. The van der Waals surface area contributed by atoms with Crippen LogP contribution in [-0.4, -0.2) is 37.1 Å². The minimum Gasteiger partial charge on any atom is -0.352 e. The van der Waals surface area contributed by atoms with E-state index in [1.807, 2.05) is 5.32 Å². The highest BCUT2D eigenvalue weighted by Gasteiger charge is 2.12. The summed E-state index contributed by atoms with van der Waals surface area (Å²) in [4.78, 5) is 31.7. The summed E-state index contributed by atoms with van der Waals surface area (Å²) in [7, 11) is 0. The SMILES string of the molecule is CC(NCCNC(N)=O)C(=O)NC(N)=O. The Morgan fingerprint density at radius 3 is 2.20 bits per heavy atom. The van der Waals surface area contributed by atoms with Gasteiger partial charge in [-0.1, -0.05) is 0 Å². The zero-order chi connectivity index (χ0) is 11.8. The lowest BCUT2D eigenvalue weighted by Gasteiger charge is -2.12. The summed E-state index contributed by atoms with van der Waals surface area (Å²) in [6.45, 7) is 2.21. The Morgan fingerprint density at radius 1 is 1.13 bits per heavy atom. The van der Waals surface area contributed by atoms with Crippen LogP contribution in [0, 0.1) is 0 Å². The predicted octanol–water partition coefficient (Wildman–Crippen LogP) is -2.17. The van der Waals surface area contributed by atoms with Crippen LogP contribution in [0.3, 0.4) is 0 Å². The third kappa shape index (κ3) is 7.26. The molecular weight excluding hydrogens is 202 g/mol. The van der Waals surface area contributed by atoms with Crippen LogP contribution in [-0.2, 0) is 4.79 Å². The molecule has 0 fully saturated rings. The van der Waals surface area contributed by atoms with Gasteiger partial charge in [-0.2, -0.15) is 0 Å². The van der Waals surface area contributed by atoms with Crippen molar-refractivity contribution in [3.05, 3.63) is 0 Å². The molecule has 8 heteroatoms. The molecule has 0 radical (unpaired) electrons. The van der Waals surface area contributed by atoms with Crippen LogP contribution in [0.1, 0.15) is 6.92 Å². The van der Waals surface area contributed by atoms with Crippen molar-refractivity contribution in [1.82, 2.24) is 16.0 Å². The molecule has 0 aromatic heterocycles. The number of carbonyl (C=O) groups is 3. The zero-order valence-electron chi connectivity index (χ0n) is 8.37. The second-order valence-electron chi connectivity index (χ2n) is 2.82. The molecule has 0 heterocycles. The first-order chi connectivity index (χ1) is 6.93. The summed E-state index contributed by atoms with van der Waals surface area (Å²) >= 11 is 0. The van der Waals surface area contributed by atoms with E-state index < -0.39 is 24.0 Å². The summed E-state index contributed by atoms with van der Waals surface area (Å²) in [5, 5.41) is 7.00. The van der Waals surface area contributed by atoms with Gasteiger partial charge in [-0.15, -0.1) is 0 Å². The van der Waals surface area contributed by atoms with Gasteiger partial charge < -0.3 is 22.1 Å². The molecule has 7 N–H and O–H groups in total. The van der Waals surface area contributed by atoms with E-state index in [1.54, 1.807) is 6.92 Å². The van der Waals surface area contributed by atoms with E-state index in [0.717, 1.165) is 0 Å². The van der Waals surface area contributed by atoms with E-state index in [9.17, 15) is 14.4 Å². The fourth-order valence-corrected chi connectivity index (χ4v) is 0.797. The van der Waals surface area contributed by atoms with Crippen LogP contribution >= 0.6 is 0 Å². The molecule has 0 aliphatic rings. The van der Waals surface area contributed by atoms with E-state index in [0.29, 0.717) is 13.1 Å². The Labute approximate surface area is 86.7 Å². The Bertz CT molecular complexity index is 255. The van der Waals surface area contributed by atoms with Crippen molar-refractivity contribution in [3.63, 3.8) is 0 Å².